The molecule has 5 nitrogen and oxygen atoms in total. The molecule has 0 radical (unpaired) electrons. The molecule has 0 N–H and O–H groups in total. The van der Waals surface area contributed by atoms with E-state index >= 15 is 0 Å². The average Bonchev–Trinajstić information content (AvgIpc) is 2.66. The second kappa shape index (κ2) is 4.46. The molecule has 0 aromatic heterocycles. The van der Waals surface area contributed by atoms with Gasteiger partial charge in [-0.3, -0.25) is 4.90 Å². The summed E-state index contributed by atoms with van der Waals surface area (Å²) in [5, 5.41) is 0. The number of amides is 2. The third-order valence-electron chi connectivity index (χ3n) is 4.28. The van der Waals surface area contributed by atoms with Crippen molar-refractivity contribution in [2.75, 3.05) is 46.4 Å². The summed E-state index contributed by atoms with van der Waals surface area (Å²) in [5.74, 6) is 0. The summed E-state index contributed by atoms with van der Waals surface area (Å²) in [5.41, 5.74) is 0. The van der Waals surface area contributed by atoms with Crippen molar-refractivity contribution in [3.8, 4) is 0 Å². The molecule has 2 amide bonds. The maximum atomic E-state index is 11.8. The van der Waals surface area contributed by atoms with Crippen molar-refractivity contribution in [2.24, 2.45) is 0 Å². The summed E-state index contributed by atoms with van der Waals surface area (Å²) < 4.78 is 5.41. The highest BCUT2D eigenvalue weighted by Crippen LogP contribution is 2.23. The molecular formula is C12H21N3O2. The minimum atomic E-state index is 0.210. The molecule has 17 heavy (non-hydrogen) atoms. The molecule has 0 aromatic carbocycles. The maximum Gasteiger partial charge on any atom is 0.320 e. The van der Waals surface area contributed by atoms with Gasteiger partial charge in [0, 0.05) is 52.5 Å². The van der Waals surface area contributed by atoms with E-state index in [4.69, 9.17) is 4.74 Å². The van der Waals surface area contributed by atoms with Crippen LogP contribution in [-0.2, 0) is 4.74 Å². The van der Waals surface area contributed by atoms with Crippen LogP contribution in [0.3, 0.4) is 0 Å². The summed E-state index contributed by atoms with van der Waals surface area (Å²) in [6, 6.07) is 1.29. The maximum absolute atomic E-state index is 11.8. The summed E-state index contributed by atoms with van der Waals surface area (Å²) >= 11 is 0. The van der Waals surface area contributed by atoms with Crippen LogP contribution >= 0.6 is 0 Å². The number of urea groups is 1. The van der Waals surface area contributed by atoms with Gasteiger partial charge in [-0.1, -0.05) is 0 Å². The van der Waals surface area contributed by atoms with Crippen molar-refractivity contribution in [2.45, 2.75) is 24.9 Å². The highest BCUT2D eigenvalue weighted by Gasteiger charge is 2.40. The largest absolute Gasteiger partial charge is 0.381 e. The number of rotatable bonds is 1. The second-order valence-corrected chi connectivity index (χ2v) is 5.35. The first-order valence-corrected chi connectivity index (χ1v) is 6.59. The Labute approximate surface area is 102 Å². The lowest BCUT2D eigenvalue weighted by molar-refractivity contribution is 0.0109. The van der Waals surface area contributed by atoms with Gasteiger partial charge in [0.05, 0.1) is 6.04 Å². The first-order chi connectivity index (χ1) is 8.25. The normalized spacial score (nSPS) is 32.1. The van der Waals surface area contributed by atoms with Gasteiger partial charge in [0.2, 0.25) is 0 Å². The third kappa shape index (κ3) is 2.02. The van der Waals surface area contributed by atoms with Crippen LogP contribution in [0.4, 0.5) is 4.79 Å². The van der Waals surface area contributed by atoms with E-state index in [9.17, 15) is 4.79 Å². The fraction of sp³-hybridized carbons (Fsp3) is 0.917. The van der Waals surface area contributed by atoms with Gasteiger partial charge in [0.1, 0.15) is 0 Å². The Morgan fingerprint density at radius 3 is 2.65 bits per heavy atom. The molecule has 1 atom stereocenters. The lowest BCUT2D eigenvalue weighted by Crippen LogP contribution is -2.55. The van der Waals surface area contributed by atoms with Crippen molar-refractivity contribution < 1.29 is 9.53 Å². The number of likely N-dealkylation sites (N-methyl/N-ethyl adjacent to an activating group) is 1. The van der Waals surface area contributed by atoms with Crippen molar-refractivity contribution in [1.29, 1.82) is 0 Å². The van der Waals surface area contributed by atoms with Crippen LogP contribution < -0.4 is 0 Å². The summed E-state index contributed by atoms with van der Waals surface area (Å²) in [7, 11) is 1.90. The number of carbonyl (C=O) groups is 1. The molecule has 3 fully saturated rings. The number of nitrogens with zero attached hydrogens (tertiary/aromatic N) is 3. The van der Waals surface area contributed by atoms with Gasteiger partial charge in [-0.25, -0.2) is 4.79 Å². The Morgan fingerprint density at radius 2 is 1.88 bits per heavy atom. The molecule has 3 rings (SSSR count). The molecule has 3 aliphatic rings. The monoisotopic (exact) mass is 239 g/mol. The molecule has 5 heteroatoms. The minimum absolute atomic E-state index is 0.210. The molecule has 96 valence electrons. The van der Waals surface area contributed by atoms with Crippen molar-refractivity contribution in [1.82, 2.24) is 14.7 Å². The first-order valence-electron chi connectivity index (χ1n) is 6.59. The SMILES string of the molecule is CN1C[C@H]2CN(C3CCOCC3)CCN2C1=O. The van der Waals surface area contributed by atoms with Gasteiger partial charge >= 0.3 is 6.03 Å². The fourth-order valence-corrected chi connectivity index (χ4v) is 3.28. The molecular weight excluding hydrogens is 218 g/mol. The highest BCUT2D eigenvalue weighted by molar-refractivity contribution is 5.77. The van der Waals surface area contributed by atoms with Gasteiger partial charge in [-0.15, -0.1) is 0 Å². The van der Waals surface area contributed by atoms with Crippen LogP contribution in [0.1, 0.15) is 12.8 Å². The van der Waals surface area contributed by atoms with Crippen LogP contribution in [0, 0.1) is 0 Å². The first kappa shape index (κ1) is 11.3. The van der Waals surface area contributed by atoms with E-state index in [1.54, 1.807) is 0 Å². The predicted molar refractivity (Wildman–Crippen MR) is 63.9 cm³/mol. The standard InChI is InChI=1S/C12H21N3O2/c1-13-8-11-9-14(4-5-15(11)12(13)16)10-2-6-17-7-3-10/h10-11H,2-9H2,1H3/t11-/m0/s1. The number of fused-ring (bicyclic) bond motifs is 1. The molecule has 0 saturated carbocycles. The number of ether oxygens (including phenoxy) is 1. The van der Waals surface area contributed by atoms with Crippen molar-refractivity contribution in [3.63, 3.8) is 0 Å². The molecule has 0 aliphatic carbocycles. The van der Waals surface area contributed by atoms with Crippen LogP contribution in [-0.4, -0.2) is 79.3 Å². The lowest BCUT2D eigenvalue weighted by atomic mass is 10.0. The van der Waals surface area contributed by atoms with E-state index in [2.05, 4.69) is 4.90 Å². The Hall–Kier alpha value is -0.810. The van der Waals surface area contributed by atoms with Gasteiger partial charge in [0.15, 0.2) is 0 Å². The molecule has 0 bridgehead atoms. The molecule has 3 heterocycles. The molecule has 0 aromatic rings. The molecule has 0 unspecified atom stereocenters. The Balaban J connectivity index is 1.62. The van der Waals surface area contributed by atoms with E-state index in [1.165, 1.54) is 0 Å². The zero-order chi connectivity index (χ0) is 11.8. The predicted octanol–water partition coefficient (Wildman–Crippen LogP) is 0.217. The fourth-order valence-electron chi connectivity index (χ4n) is 3.28. The van der Waals surface area contributed by atoms with Crippen LogP contribution in [0.2, 0.25) is 0 Å². The number of hydrogen-bond acceptors (Lipinski definition) is 3. The highest BCUT2D eigenvalue weighted by atomic mass is 16.5. The van der Waals surface area contributed by atoms with E-state index in [0.717, 1.165) is 52.2 Å². The van der Waals surface area contributed by atoms with E-state index in [1.807, 2.05) is 16.8 Å². The van der Waals surface area contributed by atoms with E-state index in [0.29, 0.717) is 12.1 Å². The van der Waals surface area contributed by atoms with Gasteiger partial charge < -0.3 is 14.5 Å². The Kier molecular flexibility index (Phi) is 2.96. The summed E-state index contributed by atoms with van der Waals surface area (Å²) in [6.07, 6.45) is 2.30. The number of carbonyl (C=O) groups excluding carboxylic acids is 1. The number of hydrogen-bond donors (Lipinski definition) is 0. The molecule has 0 spiro atoms. The minimum Gasteiger partial charge on any atom is -0.381 e. The van der Waals surface area contributed by atoms with E-state index < -0.39 is 0 Å². The van der Waals surface area contributed by atoms with E-state index in [-0.39, 0.29) is 6.03 Å². The van der Waals surface area contributed by atoms with Crippen LogP contribution in [0.25, 0.3) is 0 Å². The zero-order valence-electron chi connectivity index (χ0n) is 10.5. The quantitative estimate of drug-likeness (QED) is 0.656. The Bertz CT molecular complexity index is 304. The van der Waals surface area contributed by atoms with Gasteiger partial charge in [-0.2, -0.15) is 0 Å². The second-order valence-electron chi connectivity index (χ2n) is 5.35. The van der Waals surface area contributed by atoms with Crippen molar-refractivity contribution in [3.05, 3.63) is 0 Å². The average molecular weight is 239 g/mol. The van der Waals surface area contributed by atoms with Crippen molar-refractivity contribution >= 4 is 6.03 Å². The smallest absolute Gasteiger partial charge is 0.320 e. The molecule has 3 aliphatic heterocycles. The van der Waals surface area contributed by atoms with Gasteiger partial charge in [-0.05, 0) is 12.8 Å². The zero-order valence-corrected chi connectivity index (χ0v) is 10.5. The lowest BCUT2D eigenvalue weighted by Gasteiger charge is -2.42. The summed E-state index contributed by atoms with van der Waals surface area (Å²) in [4.78, 5) is 18.3. The Morgan fingerprint density at radius 1 is 1.12 bits per heavy atom. The number of piperazine rings is 1. The van der Waals surface area contributed by atoms with Crippen LogP contribution in [0.5, 0.6) is 0 Å². The summed E-state index contributed by atoms with van der Waals surface area (Å²) in [6.45, 7) is 5.65. The topological polar surface area (TPSA) is 36.0 Å². The van der Waals surface area contributed by atoms with Gasteiger partial charge in [0.25, 0.3) is 0 Å². The van der Waals surface area contributed by atoms with Crippen LogP contribution in [0.15, 0.2) is 0 Å². The molecule has 3 saturated heterocycles. The third-order valence-corrected chi connectivity index (χ3v) is 4.28.